The van der Waals surface area contributed by atoms with Gasteiger partial charge in [-0.1, -0.05) is 65.7 Å². The minimum atomic E-state index is -4.88. The minimum Gasteiger partial charge on any atom is -0.396 e. The zero-order valence-corrected chi connectivity index (χ0v) is 24.2. The average molecular weight is 571 g/mol. The van der Waals surface area contributed by atoms with Gasteiger partial charge in [-0.15, -0.1) is 0 Å². The SMILES string of the molecule is CCCCCCCCC[C@@H](O)CC(=O)COP(=O)(O)O[C@@H](C(=O)NCCC(=O)NCCS)C(C)(C)CO. The predicted octanol–water partition coefficient (Wildman–Crippen LogP) is 2.52. The maximum atomic E-state index is 12.6. The molecule has 218 valence electrons. The zero-order valence-electron chi connectivity index (χ0n) is 22.4. The first-order chi connectivity index (χ1) is 17.4. The van der Waals surface area contributed by atoms with Gasteiger partial charge in [0.1, 0.15) is 6.61 Å². The van der Waals surface area contributed by atoms with Crippen LogP contribution in [0, 0.1) is 5.41 Å². The van der Waals surface area contributed by atoms with Crippen molar-refractivity contribution in [1.29, 1.82) is 0 Å². The lowest BCUT2D eigenvalue weighted by Gasteiger charge is -2.32. The number of aliphatic hydroxyl groups excluding tert-OH is 2. The van der Waals surface area contributed by atoms with E-state index in [1.54, 1.807) is 0 Å². The van der Waals surface area contributed by atoms with E-state index in [1.807, 2.05) is 0 Å². The van der Waals surface area contributed by atoms with Gasteiger partial charge in [-0.3, -0.25) is 23.4 Å². The van der Waals surface area contributed by atoms with E-state index in [0.717, 1.165) is 25.7 Å². The van der Waals surface area contributed by atoms with Gasteiger partial charge in [0.05, 0.1) is 12.7 Å². The third-order valence-corrected chi connectivity index (χ3v) is 6.83. The van der Waals surface area contributed by atoms with Crippen molar-refractivity contribution in [1.82, 2.24) is 10.6 Å². The molecule has 0 aromatic rings. The Morgan fingerprint density at radius 3 is 2.24 bits per heavy atom. The lowest BCUT2D eigenvalue weighted by molar-refractivity contribution is -0.136. The largest absolute Gasteiger partial charge is 0.473 e. The van der Waals surface area contributed by atoms with Crippen LogP contribution in [-0.2, 0) is 28.0 Å². The number of hydrogen-bond donors (Lipinski definition) is 6. The molecule has 0 rings (SSSR count). The van der Waals surface area contributed by atoms with Crippen molar-refractivity contribution in [2.24, 2.45) is 5.41 Å². The number of amides is 2. The number of phosphoric acid groups is 1. The molecule has 0 spiro atoms. The van der Waals surface area contributed by atoms with E-state index in [4.69, 9.17) is 9.05 Å². The molecular weight excluding hydrogens is 523 g/mol. The molecule has 11 nitrogen and oxygen atoms in total. The van der Waals surface area contributed by atoms with Crippen LogP contribution in [0.2, 0.25) is 0 Å². The van der Waals surface area contributed by atoms with Crippen LogP contribution in [0.5, 0.6) is 0 Å². The normalized spacial score (nSPS) is 15.0. The van der Waals surface area contributed by atoms with Crippen LogP contribution in [-0.4, -0.2) is 77.0 Å². The first-order valence-corrected chi connectivity index (χ1v) is 15.1. The summed E-state index contributed by atoms with van der Waals surface area (Å²) in [4.78, 5) is 46.5. The van der Waals surface area contributed by atoms with E-state index in [-0.39, 0.29) is 25.3 Å². The molecule has 0 saturated carbocycles. The molecule has 0 fully saturated rings. The van der Waals surface area contributed by atoms with Gasteiger partial charge >= 0.3 is 7.82 Å². The van der Waals surface area contributed by atoms with Crippen LogP contribution in [0.25, 0.3) is 0 Å². The van der Waals surface area contributed by atoms with E-state index >= 15 is 0 Å². The second-order valence-corrected chi connectivity index (χ2v) is 11.6. The number of rotatable bonds is 23. The predicted molar refractivity (Wildman–Crippen MR) is 144 cm³/mol. The van der Waals surface area contributed by atoms with Crippen molar-refractivity contribution < 1.29 is 43.1 Å². The summed E-state index contributed by atoms with van der Waals surface area (Å²) in [6.07, 6.45) is 5.30. The van der Waals surface area contributed by atoms with E-state index < -0.39 is 50.3 Å². The number of unbranched alkanes of at least 4 members (excludes halogenated alkanes) is 6. The molecular formula is C24H47N2O9PS. The van der Waals surface area contributed by atoms with Crippen LogP contribution in [0.3, 0.4) is 0 Å². The smallest absolute Gasteiger partial charge is 0.396 e. The minimum absolute atomic E-state index is 0.0330. The van der Waals surface area contributed by atoms with Gasteiger partial charge in [-0.05, 0) is 6.42 Å². The summed E-state index contributed by atoms with van der Waals surface area (Å²) in [6, 6.07) is 0. The number of nitrogens with one attached hydrogen (secondary N) is 2. The third kappa shape index (κ3) is 18.0. The Morgan fingerprint density at radius 1 is 1.03 bits per heavy atom. The van der Waals surface area contributed by atoms with Crippen LogP contribution >= 0.6 is 20.5 Å². The van der Waals surface area contributed by atoms with E-state index in [2.05, 4.69) is 30.2 Å². The van der Waals surface area contributed by atoms with Gasteiger partial charge in [0.25, 0.3) is 0 Å². The van der Waals surface area contributed by atoms with Crippen LogP contribution in [0.1, 0.15) is 85.0 Å². The Labute approximate surface area is 226 Å². The molecule has 0 bridgehead atoms. The van der Waals surface area contributed by atoms with Crippen molar-refractivity contribution in [2.75, 3.05) is 32.1 Å². The lowest BCUT2D eigenvalue weighted by atomic mass is 9.87. The number of ketones is 1. The highest BCUT2D eigenvalue weighted by molar-refractivity contribution is 7.80. The highest BCUT2D eigenvalue weighted by atomic mass is 32.1. The Kier molecular flexibility index (Phi) is 19.4. The molecule has 0 aliphatic heterocycles. The summed E-state index contributed by atoms with van der Waals surface area (Å²) in [5, 5.41) is 24.7. The number of aliphatic hydroxyl groups is 2. The third-order valence-electron chi connectivity index (χ3n) is 5.67. The maximum Gasteiger partial charge on any atom is 0.473 e. The van der Waals surface area contributed by atoms with Gasteiger partial charge in [0, 0.05) is 37.1 Å². The summed E-state index contributed by atoms with van der Waals surface area (Å²) in [5.74, 6) is -1.25. The van der Waals surface area contributed by atoms with Gasteiger partial charge < -0.3 is 25.7 Å². The molecule has 0 aliphatic carbocycles. The molecule has 5 N–H and O–H groups in total. The van der Waals surface area contributed by atoms with Crippen molar-refractivity contribution in [2.45, 2.75) is 97.2 Å². The van der Waals surface area contributed by atoms with E-state index in [1.165, 1.54) is 33.1 Å². The fourth-order valence-corrected chi connectivity index (χ4v) is 4.51. The Bertz CT molecular complexity index is 724. The number of Topliss-reactive ketones (excluding diaryl/α,β-unsaturated/α-hetero) is 1. The molecule has 0 heterocycles. The zero-order chi connectivity index (χ0) is 28.3. The van der Waals surface area contributed by atoms with Crippen molar-refractivity contribution in [3.8, 4) is 0 Å². The molecule has 3 atom stereocenters. The molecule has 0 aromatic heterocycles. The monoisotopic (exact) mass is 570 g/mol. The summed E-state index contributed by atoms with van der Waals surface area (Å²) in [6.45, 7) is 4.02. The van der Waals surface area contributed by atoms with Crippen LogP contribution < -0.4 is 10.6 Å². The maximum absolute atomic E-state index is 12.6. The Balaban J connectivity index is 4.64. The van der Waals surface area contributed by atoms with Crippen molar-refractivity contribution in [3.63, 3.8) is 0 Å². The van der Waals surface area contributed by atoms with Crippen LogP contribution in [0.4, 0.5) is 0 Å². The molecule has 37 heavy (non-hydrogen) atoms. The highest BCUT2D eigenvalue weighted by Crippen LogP contribution is 2.47. The summed E-state index contributed by atoms with van der Waals surface area (Å²) >= 11 is 3.98. The average Bonchev–Trinajstić information content (AvgIpc) is 2.84. The van der Waals surface area contributed by atoms with Crippen molar-refractivity contribution in [3.05, 3.63) is 0 Å². The second-order valence-electron chi connectivity index (χ2n) is 9.80. The van der Waals surface area contributed by atoms with E-state index in [0.29, 0.717) is 18.7 Å². The summed E-state index contributed by atoms with van der Waals surface area (Å²) in [7, 11) is -4.88. The van der Waals surface area contributed by atoms with Crippen molar-refractivity contribution >= 4 is 38.0 Å². The number of phosphoric ester groups is 1. The number of hydrogen-bond acceptors (Lipinski definition) is 9. The standard InChI is InChI=1S/C24H47N2O9PS/c1-4-5-6-7-8-9-10-11-19(28)16-20(29)17-34-36(32,33)35-22(24(2,3)18-27)23(31)26-13-12-21(30)25-14-15-37/h19,22,27-28,37H,4-18H2,1-3H3,(H,25,30)(H,26,31)(H,32,33)/t19-,22+/m1/s1. The molecule has 0 radical (unpaired) electrons. The molecule has 13 heteroatoms. The quantitative estimate of drug-likeness (QED) is 0.0613. The molecule has 0 saturated heterocycles. The molecule has 0 aromatic carbocycles. The fourth-order valence-electron chi connectivity index (χ4n) is 3.38. The number of thiol groups is 1. The molecule has 1 unspecified atom stereocenters. The van der Waals surface area contributed by atoms with E-state index in [9.17, 15) is 34.1 Å². The molecule has 2 amide bonds. The number of carbonyl (C=O) groups excluding carboxylic acids is 3. The highest BCUT2D eigenvalue weighted by Gasteiger charge is 2.41. The van der Waals surface area contributed by atoms with Crippen LogP contribution in [0.15, 0.2) is 0 Å². The Morgan fingerprint density at radius 2 is 1.65 bits per heavy atom. The van der Waals surface area contributed by atoms with Gasteiger partial charge in [-0.25, -0.2) is 4.57 Å². The lowest BCUT2D eigenvalue weighted by Crippen LogP contribution is -2.47. The topological polar surface area (TPSA) is 171 Å². The van der Waals surface area contributed by atoms with Gasteiger partial charge in [-0.2, -0.15) is 12.6 Å². The summed E-state index contributed by atoms with van der Waals surface area (Å²) in [5.41, 5.74) is -1.28. The molecule has 0 aliphatic rings. The van der Waals surface area contributed by atoms with Gasteiger partial charge in [0.2, 0.25) is 11.8 Å². The van der Waals surface area contributed by atoms with Gasteiger partial charge in [0.15, 0.2) is 11.9 Å². The summed E-state index contributed by atoms with van der Waals surface area (Å²) < 4.78 is 22.3. The first kappa shape index (κ1) is 36.0. The fraction of sp³-hybridized carbons (Fsp3) is 0.875. The Hall–Kier alpha value is -1.01. The number of carbonyl (C=O) groups is 3. The second kappa shape index (κ2) is 20.0. The first-order valence-electron chi connectivity index (χ1n) is 13.0.